The fraction of sp³-hybridized carbons (Fsp3) is 0.583. The number of sulfonamides is 1. The molecule has 6 heteroatoms. The second kappa shape index (κ2) is 7.71. The van der Waals surface area contributed by atoms with Gasteiger partial charge in [-0.1, -0.05) is 13.0 Å². The van der Waals surface area contributed by atoms with E-state index in [0.29, 0.717) is 18.7 Å². The van der Waals surface area contributed by atoms with Gasteiger partial charge in [0.2, 0.25) is 10.0 Å². The molecule has 1 rings (SSSR count). The van der Waals surface area contributed by atoms with Crippen molar-refractivity contribution in [3.05, 3.63) is 29.6 Å². The monoisotopic (exact) mass is 290 g/mol. The second-order valence-electron chi connectivity index (χ2n) is 4.00. The lowest BCUT2D eigenvalue weighted by Gasteiger charge is -2.08. The van der Waals surface area contributed by atoms with Crippen molar-refractivity contribution in [3.63, 3.8) is 0 Å². The molecule has 1 aromatic rings. The van der Waals surface area contributed by atoms with E-state index in [1.807, 2.05) is 19.1 Å². The second-order valence-corrected chi connectivity index (χ2v) is 6.30. The van der Waals surface area contributed by atoms with Gasteiger partial charge in [-0.2, -0.15) is 0 Å². The van der Waals surface area contributed by atoms with Crippen molar-refractivity contribution in [1.82, 2.24) is 9.71 Å². The molecule has 102 valence electrons. The Kier molecular flexibility index (Phi) is 6.60. The van der Waals surface area contributed by atoms with Gasteiger partial charge in [0.15, 0.2) is 0 Å². The van der Waals surface area contributed by atoms with Gasteiger partial charge in [-0.05, 0) is 30.9 Å². The molecule has 0 aliphatic rings. The van der Waals surface area contributed by atoms with Crippen LogP contribution in [0.1, 0.15) is 31.0 Å². The molecule has 1 aromatic heterocycles. The predicted octanol–water partition coefficient (Wildman–Crippen LogP) is 2.08. The molecule has 18 heavy (non-hydrogen) atoms. The van der Waals surface area contributed by atoms with Gasteiger partial charge in [-0.15, -0.1) is 11.6 Å². The summed E-state index contributed by atoms with van der Waals surface area (Å²) in [5.41, 5.74) is 1.86. The Morgan fingerprint density at radius 2 is 2.17 bits per heavy atom. The number of alkyl halides is 1. The third kappa shape index (κ3) is 5.33. The number of pyridine rings is 1. The van der Waals surface area contributed by atoms with Gasteiger partial charge in [0, 0.05) is 12.1 Å². The number of rotatable bonds is 8. The van der Waals surface area contributed by atoms with Gasteiger partial charge < -0.3 is 0 Å². The topological polar surface area (TPSA) is 59.1 Å². The average Bonchev–Trinajstić information content (AvgIpc) is 2.37. The number of nitrogens with zero attached hydrogens (tertiary/aromatic N) is 1. The van der Waals surface area contributed by atoms with E-state index in [4.69, 9.17) is 11.6 Å². The van der Waals surface area contributed by atoms with Crippen molar-refractivity contribution in [2.24, 2.45) is 0 Å². The van der Waals surface area contributed by atoms with Crippen molar-refractivity contribution in [2.45, 2.75) is 32.7 Å². The molecule has 0 unspecified atom stereocenters. The summed E-state index contributed by atoms with van der Waals surface area (Å²) in [4.78, 5) is 4.20. The summed E-state index contributed by atoms with van der Waals surface area (Å²) < 4.78 is 26.0. The highest BCUT2D eigenvalue weighted by atomic mass is 35.5. The Labute approximate surface area is 114 Å². The lowest BCUT2D eigenvalue weighted by Crippen LogP contribution is -2.26. The predicted molar refractivity (Wildman–Crippen MR) is 74.2 cm³/mol. The highest BCUT2D eigenvalue weighted by Crippen LogP contribution is 2.06. The number of nitrogens with one attached hydrogen (secondary N) is 1. The van der Waals surface area contributed by atoms with Gasteiger partial charge in [0.1, 0.15) is 0 Å². The van der Waals surface area contributed by atoms with Crippen LogP contribution in [0.3, 0.4) is 0 Å². The van der Waals surface area contributed by atoms with Crippen molar-refractivity contribution in [2.75, 3.05) is 11.6 Å². The van der Waals surface area contributed by atoms with Gasteiger partial charge >= 0.3 is 0 Å². The van der Waals surface area contributed by atoms with Crippen LogP contribution in [0.4, 0.5) is 0 Å². The van der Waals surface area contributed by atoms with E-state index in [0.717, 1.165) is 17.7 Å². The van der Waals surface area contributed by atoms with E-state index in [2.05, 4.69) is 9.71 Å². The smallest absolute Gasteiger partial charge is 0.211 e. The van der Waals surface area contributed by atoms with Crippen LogP contribution in [0, 0.1) is 0 Å². The van der Waals surface area contributed by atoms with E-state index in [9.17, 15) is 8.42 Å². The van der Waals surface area contributed by atoms with Crippen molar-refractivity contribution < 1.29 is 8.42 Å². The lowest BCUT2D eigenvalue weighted by atomic mass is 10.1. The number of halogens is 1. The van der Waals surface area contributed by atoms with E-state index in [1.165, 1.54) is 0 Å². The first-order chi connectivity index (χ1) is 8.59. The number of unbranched alkanes of at least 4 members (excludes halogenated alkanes) is 1. The van der Waals surface area contributed by atoms with E-state index >= 15 is 0 Å². The Morgan fingerprint density at radius 1 is 1.39 bits per heavy atom. The minimum Gasteiger partial charge on any atom is -0.260 e. The minimum atomic E-state index is -3.23. The zero-order chi connectivity index (χ0) is 13.4. The van der Waals surface area contributed by atoms with Crippen LogP contribution in [-0.2, 0) is 23.0 Å². The first kappa shape index (κ1) is 15.4. The number of hydrogen-bond acceptors (Lipinski definition) is 3. The molecule has 0 atom stereocenters. The van der Waals surface area contributed by atoms with E-state index in [1.54, 1.807) is 6.20 Å². The number of hydrogen-bond donors (Lipinski definition) is 1. The largest absolute Gasteiger partial charge is 0.260 e. The standard InChI is InChI=1S/C12H19ClN2O2S/c1-2-11-6-5-8-14-12(11)10-15-18(16,17)9-4-3-7-13/h5-6,8,15H,2-4,7,9-10H2,1H3. The van der Waals surface area contributed by atoms with Crippen LogP contribution in [0.15, 0.2) is 18.3 Å². The Balaban J connectivity index is 2.53. The molecule has 0 bridgehead atoms. The van der Waals surface area contributed by atoms with E-state index < -0.39 is 10.0 Å². The molecular formula is C12H19ClN2O2S. The van der Waals surface area contributed by atoms with Gasteiger partial charge in [-0.3, -0.25) is 4.98 Å². The van der Waals surface area contributed by atoms with Crippen LogP contribution in [0.25, 0.3) is 0 Å². The highest BCUT2D eigenvalue weighted by molar-refractivity contribution is 7.89. The molecule has 4 nitrogen and oxygen atoms in total. The summed E-state index contributed by atoms with van der Waals surface area (Å²) in [6.45, 7) is 2.28. The molecule has 0 saturated carbocycles. The molecule has 0 aliphatic heterocycles. The third-order valence-corrected chi connectivity index (χ3v) is 4.30. The van der Waals surface area contributed by atoms with Gasteiger partial charge in [0.05, 0.1) is 18.0 Å². The van der Waals surface area contributed by atoms with Crippen LogP contribution in [0.2, 0.25) is 0 Å². The molecule has 0 fully saturated rings. The number of aromatic nitrogens is 1. The summed E-state index contributed by atoms with van der Waals surface area (Å²) in [6, 6.07) is 3.82. The third-order valence-electron chi connectivity index (χ3n) is 2.62. The zero-order valence-electron chi connectivity index (χ0n) is 10.5. The first-order valence-electron chi connectivity index (χ1n) is 6.05. The molecule has 0 amide bonds. The summed E-state index contributed by atoms with van der Waals surface area (Å²) in [7, 11) is -3.23. The number of aryl methyl sites for hydroxylation is 1. The SMILES string of the molecule is CCc1cccnc1CNS(=O)(=O)CCCCCl. The molecule has 0 aliphatic carbocycles. The normalized spacial score (nSPS) is 11.7. The Bertz CT molecular complexity index is 463. The minimum absolute atomic E-state index is 0.119. The van der Waals surface area contributed by atoms with Crippen molar-refractivity contribution in [1.29, 1.82) is 0 Å². The van der Waals surface area contributed by atoms with Gasteiger partial charge in [0.25, 0.3) is 0 Å². The van der Waals surface area contributed by atoms with Crippen LogP contribution >= 0.6 is 11.6 Å². The highest BCUT2D eigenvalue weighted by Gasteiger charge is 2.11. The molecule has 0 radical (unpaired) electrons. The molecular weight excluding hydrogens is 272 g/mol. The molecule has 0 spiro atoms. The summed E-state index contributed by atoms with van der Waals surface area (Å²) in [5.74, 6) is 0.615. The summed E-state index contributed by atoms with van der Waals surface area (Å²) >= 11 is 5.52. The van der Waals surface area contributed by atoms with Crippen LogP contribution in [0.5, 0.6) is 0 Å². The maximum atomic E-state index is 11.7. The maximum absolute atomic E-state index is 11.7. The quantitative estimate of drug-likeness (QED) is 0.589. The fourth-order valence-corrected chi connectivity index (χ4v) is 2.86. The average molecular weight is 291 g/mol. The summed E-state index contributed by atoms with van der Waals surface area (Å²) in [6.07, 6.45) is 3.82. The molecule has 1 N–H and O–H groups in total. The Morgan fingerprint density at radius 3 is 2.83 bits per heavy atom. The molecule has 0 saturated heterocycles. The van der Waals surface area contributed by atoms with E-state index in [-0.39, 0.29) is 12.3 Å². The molecule has 0 aromatic carbocycles. The lowest BCUT2D eigenvalue weighted by molar-refractivity contribution is 0.577. The zero-order valence-corrected chi connectivity index (χ0v) is 12.1. The van der Waals surface area contributed by atoms with Crippen LogP contribution < -0.4 is 4.72 Å². The summed E-state index contributed by atoms with van der Waals surface area (Å²) in [5, 5.41) is 0. The Hall–Kier alpha value is -0.650. The van der Waals surface area contributed by atoms with Crippen molar-refractivity contribution in [3.8, 4) is 0 Å². The maximum Gasteiger partial charge on any atom is 0.211 e. The van der Waals surface area contributed by atoms with Crippen molar-refractivity contribution >= 4 is 21.6 Å². The van der Waals surface area contributed by atoms with Crippen LogP contribution in [-0.4, -0.2) is 25.0 Å². The fourth-order valence-electron chi connectivity index (χ4n) is 1.59. The van der Waals surface area contributed by atoms with Gasteiger partial charge in [-0.25, -0.2) is 13.1 Å². The first-order valence-corrected chi connectivity index (χ1v) is 8.24. The molecule has 1 heterocycles.